The lowest BCUT2D eigenvalue weighted by atomic mass is 10.1. The molecule has 2 amide bonds. The zero-order chi connectivity index (χ0) is 19.5. The monoisotopic (exact) mass is 452 g/mol. The summed E-state index contributed by atoms with van der Waals surface area (Å²) < 4.78 is 0.839. The number of carbonyl (C=O) groups excluding carboxylic acids is 2. The average molecular weight is 453 g/mol. The van der Waals surface area contributed by atoms with Crippen LogP contribution in [0.5, 0.6) is 0 Å². The second kappa shape index (κ2) is 8.20. The molecule has 3 aromatic carbocycles. The highest BCUT2D eigenvalue weighted by molar-refractivity contribution is 9.10. The van der Waals surface area contributed by atoms with Gasteiger partial charge in [0.25, 0.3) is 11.8 Å². The van der Waals surface area contributed by atoms with Gasteiger partial charge in [-0.05, 0) is 48.5 Å². The fourth-order valence-electron chi connectivity index (χ4n) is 3.10. The molecular formula is C22H17BrN2O2S. The van der Waals surface area contributed by atoms with Gasteiger partial charge in [-0.1, -0.05) is 40.2 Å². The molecule has 4 rings (SSSR count). The van der Waals surface area contributed by atoms with Gasteiger partial charge in [-0.2, -0.15) is 0 Å². The minimum Gasteiger partial charge on any atom is -0.322 e. The van der Waals surface area contributed by atoms with Crippen molar-refractivity contribution in [2.45, 2.75) is 4.90 Å². The predicted molar refractivity (Wildman–Crippen MR) is 117 cm³/mol. The molecule has 0 aromatic heterocycles. The van der Waals surface area contributed by atoms with E-state index in [4.69, 9.17) is 0 Å². The maximum Gasteiger partial charge on any atom is 0.258 e. The van der Waals surface area contributed by atoms with Gasteiger partial charge < -0.3 is 10.2 Å². The number of carbonyl (C=O) groups is 2. The van der Waals surface area contributed by atoms with E-state index in [-0.39, 0.29) is 11.8 Å². The van der Waals surface area contributed by atoms with Crippen LogP contribution in [0.1, 0.15) is 20.7 Å². The Kier molecular flexibility index (Phi) is 5.50. The molecule has 1 N–H and O–H groups in total. The van der Waals surface area contributed by atoms with Crippen molar-refractivity contribution in [2.24, 2.45) is 0 Å². The summed E-state index contributed by atoms with van der Waals surface area (Å²) in [6, 6.07) is 22.2. The number of amides is 2. The second-order valence-electron chi connectivity index (χ2n) is 6.32. The molecule has 0 fully saturated rings. The zero-order valence-electron chi connectivity index (χ0n) is 14.9. The van der Waals surface area contributed by atoms with Crippen molar-refractivity contribution in [1.82, 2.24) is 0 Å². The van der Waals surface area contributed by atoms with Crippen LogP contribution in [0.3, 0.4) is 0 Å². The highest BCUT2D eigenvalue weighted by Crippen LogP contribution is 2.35. The number of para-hydroxylation sites is 1. The van der Waals surface area contributed by atoms with Gasteiger partial charge in [-0.3, -0.25) is 9.59 Å². The predicted octanol–water partition coefficient (Wildman–Crippen LogP) is 5.45. The Morgan fingerprint density at radius 2 is 1.71 bits per heavy atom. The van der Waals surface area contributed by atoms with Gasteiger partial charge >= 0.3 is 0 Å². The van der Waals surface area contributed by atoms with E-state index in [0.29, 0.717) is 23.4 Å². The molecule has 4 nitrogen and oxygen atoms in total. The summed E-state index contributed by atoms with van der Waals surface area (Å²) in [6.45, 7) is 0.662. The van der Waals surface area contributed by atoms with E-state index < -0.39 is 0 Å². The molecule has 0 spiro atoms. The normalized spacial score (nSPS) is 13.0. The molecule has 1 aliphatic rings. The fraction of sp³-hybridized carbons (Fsp3) is 0.0909. The van der Waals surface area contributed by atoms with Crippen molar-refractivity contribution in [2.75, 3.05) is 22.5 Å². The number of fused-ring (bicyclic) bond motifs is 1. The van der Waals surface area contributed by atoms with Crippen molar-refractivity contribution in [3.8, 4) is 0 Å². The summed E-state index contributed by atoms with van der Waals surface area (Å²) >= 11 is 5.13. The standard InChI is InChI=1S/C22H17BrN2O2S/c23-17-7-3-5-15(13-17)21(26)24-18-8-4-6-16(14-18)22(27)25-11-12-28-20-10-2-1-9-19(20)25/h1-10,13-14H,11-12H2,(H,24,26). The third-order valence-electron chi connectivity index (χ3n) is 4.43. The number of benzene rings is 3. The zero-order valence-corrected chi connectivity index (χ0v) is 17.3. The Morgan fingerprint density at radius 1 is 0.929 bits per heavy atom. The molecule has 0 unspecified atom stereocenters. The summed E-state index contributed by atoms with van der Waals surface area (Å²) in [6.07, 6.45) is 0. The Balaban J connectivity index is 1.56. The first-order chi connectivity index (χ1) is 13.6. The first-order valence-corrected chi connectivity index (χ1v) is 10.6. The number of nitrogens with one attached hydrogen (secondary N) is 1. The molecule has 0 saturated carbocycles. The third-order valence-corrected chi connectivity index (χ3v) is 5.96. The molecule has 140 valence electrons. The molecule has 1 heterocycles. The maximum absolute atomic E-state index is 13.1. The number of nitrogens with zero attached hydrogens (tertiary/aromatic N) is 1. The van der Waals surface area contributed by atoms with E-state index in [1.165, 1.54) is 0 Å². The van der Waals surface area contributed by atoms with E-state index in [1.54, 1.807) is 53.1 Å². The van der Waals surface area contributed by atoms with Crippen molar-refractivity contribution in [1.29, 1.82) is 0 Å². The average Bonchev–Trinajstić information content (AvgIpc) is 2.73. The highest BCUT2D eigenvalue weighted by atomic mass is 79.9. The van der Waals surface area contributed by atoms with Gasteiger partial charge in [-0.25, -0.2) is 0 Å². The largest absolute Gasteiger partial charge is 0.322 e. The van der Waals surface area contributed by atoms with Gasteiger partial charge in [0.1, 0.15) is 0 Å². The quantitative estimate of drug-likeness (QED) is 0.574. The Hall–Kier alpha value is -2.57. The molecule has 0 bridgehead atoms. The van der Waals surface area contributed by atoms with E-state index in [9.17, 15) is 9.59 Å². The maximum atomic E-state index is 13.1. The van der Waals surface area contributed by atoms with E-state index >= 15 is 0 Å². The van der Waals surface area contributed by atoms with Crippen LogP contribution in [0.25, 0.3) is 0 Å². The molecule has 3 aromatic rings. The molecule has 6 heteroatoms. The Labute approximate surface area is 176 Å². The van der Waals surface area contributed by atoms with Crippen LogP contribution < -0.4 is 10.2 Å². The van der Waals surface area contributed by atoms with Crippen LogP contribution in [-0.2, 0) is 0 Å². The highest BCUT2D eigenvalue weighted by Gasteiger charge is 2.24. The van der Waals surface area contributed by atoms with Crippen molar-refractivity contribution >= 4 is 50.9 Å². The summed E-state index contributed by atoms with van der Waals surface area (Å²) in [5.74, 6) is 0.583. The van der Waals surface area contributed by atoms with Gasteiger partial charge in [0.15, 0.2) is 0 Å². The molecule has 0 radical (unpaired) electrons. The minimum atomic E-state index is -0.217. The lowest BCUT2D eigenvalue weighted by Crippen LogP contribution is -2.35. The Morgan fingerprint density at radius 3 is 2.57 bits per heavy atom. The van der Waals surface area contributed by atoms with Gasteiger partial charge in [-0.15, -0.1) is 11.8 Å². The Bertz CT molecular complexity index is 1050. The van der Waals surface area contributed by atoms with Gasteiger partial charge in [0, 0.05) is 38.5 Å². The van der Waals surface area contributed by atoms with Crippen LogP contribution in [-0.4, -0.2) is 24.1 Å². The summed E-state index contributed by atoms with van der Waals surface area (Å²) in [5.41, 5.74) is 2.63. The fourth-order valence-corrected chi connectivity index (χ4v) is 4.49. The molecule has 0 saturated heterocycles. The molecule has 0 atom stereocenters. The van der Waals surface area contributed by atoms with Crippen molar-refractivity contribution in [3.05, 3.63) is 88.4 Å². The van der Waals surface area contributed by atoms with Crippen LogP contribution >= 0.6 is 27.7 Å². The number of halogens is 1. The van der Waals surface area contributed by atoms with E-state index in [2.05, 4.69) is 21.2 Å². The SMILES string of the molecule is O=C(Nc1cccc(C(=O)N2CCSc3ccccc32)c1)c1cccc(Br)c1. The summed E-state index contributed by atoms with van der Waals surface area (Å²) in [7, 11) is 0. The molecule has 1 aliphatic heterocycles. The first-order valence-electron chi connectivity index (χ1n) is 8.82. The lowest BCUT2D eigenvalue weighted by molar-refractivity contribution is 0.0985. The number of hydrogen-bond donors (Lipinski definition) is 1. The van der Waals surface area contributed by atoms with E-state index in [0.717, 1.165) is 20.8 Å². The molecule has 28 heavy (non-hydrogen) atoms. The minimum absolute atomic E-state index is 0.0636. The smallest absolute Gasteiger partial charge is 0.258 e. The second-order valence-corrected chi connectivity index (χ2v) is 8.37. The first kappa shape index (κ1) is 18.8. The van der Waals surface area contributed by atoms with Crippen molar-refractivity contribution < 1.29 is 9.59 Å². The summed E-state index contributed by atoms with van der Waals surface area (Å²) in [5, 5.41) is 2.87. The lowest BCUT2D eigenvalue weighted by Gasteiger charge is -2.29. The van der Waals surface area contributed by atoms with Gasteiger partial charge in [0.05, 0.1) is 5.69 Å². The van der Waals surface area contributed by atoms with E-state index in [1.807, 2.05) is 36.4 Å². The molecular weight excluding hydrogens is 436 g/mol. The van der Waals surface area contributed by atoms with Crippen molar-refractivity contribution in [3.63, 3.8) is 0 Å². The molecule has 0 aliphatic carbocycles. The van der Waals surface area contributed by atoms with Crippen LogP contribution in [0.2, 0.25) is 0 Å². The number of anilines is 2. The third kappa shape index (κ3) is 3.98. The van der Waals surface area contributed by atoms with Crippen LogP contribution in [0, 0.1) is 0 Å². The topological polar surface area (TPSA) is 49.4 Å². The van der Waals surface area contributed by atoms with Crippen LogP contribution in [0.4, 0.5) is 11.4 Å². The van der Waals surface area contributed by atoms with Gasteiger partial charge in [0.2, 0.25) is 0 Å². The number of thioether (sulfide) groups is 1. The number of rotatable bonds is 3. The van der Waals surface area contributed by atoms with Crippen LogP contribution in [0.15, 0.2) is 82.2 Å². The summed E-state index contributed by atoms with van der Waals surface area (Å²) in [4.78, 5) is 28.5. The number of hydrogen-bond acceptors (Lipinski definition) is 3.